The number of pyridine rings is 1. The average molecular weight is 402 g/mol. The van der Waals surface area contributed by atoms with Gasteiger partial charge in [0.1, 0.15) is 5.75 Å². The van der Waals surface area contributed by atoms with Crippen LogP contribution in [0.5, 0.6) is 11.6 Å². The average Bonchev–Trinajstić information content (AvgIpc) is 2.38. The molecule has 0 N–H and O–H groups in total. The van der Waals surface area contributed by atoms with Gasteiger partial charge in [0.2, 0.25) is 5.88 Å². The monoisotopic (exact) mass is 399 g/mol. The summed E-state index contributed by atoms with van der Waals surface area (Å²) in [6, 6.07) is 6.54. The predicted molar refractivity (Wildman–Crippen MR) is 83.0 cm³/mol. The molecule has 0 atom stereocenters. The first kappa shape index (κ1) is 15.2. The van der Waals surface area contributed by atoms with Crippen LogP contribution in [0.15, 0.2) is 28.7 Å². The molecule has 100 valence electrons. The first-order chi connectivity index (χ1) is 9.01. The van der Waals surface area contributed by atoms with Gasteiger partial charge in [0.25, 0.3) is 0 Å². The molecule has 19 heavy (non-hydrogen) atoms. The van der Waals surface area contributed by atoms with Crippen LogP contribution in [0.3, 0.4) is 0 Å². The Morgan fingerprint density at radius 1 is 1.05 bits per heavy atom. The molecule has 0 unspecified atom stereocenters. The maximum absolute atomic E-state index is 6.06. The van der Waals surface area contributed by atoms with E-state index in [-0.39, 0.29) is 5.88 Å². The van der Waals surface area contributed by atoms with Crippen LogP contribution in [0.2, 0.25) is 15.1 Å². The number of aromatic nitrogens is 1. The fourth-order valence-electron chi connectivity index (χ4n) is 1.31. The lowest BCUT2D eigenvalue weighted by atomic mass is 10.3. The SMILES string of the molecule is ClCc1nc(Oc2cc(Cl)c(Br)cc2Cl)ccc1Cl. The maximum Gasteiger partial charge on any atom is 0.219 e. The second-order valence-electron chi connectivity index (χ2n) is 3.51. The number of ether oxygens (including phenoxy) is 1. The maximum atomic E-state index is 6.06. The van der Waals surface area contributed by atoms with E-state index in [4.69, 9.17) is 51.1 Å². The molecule has 1 heterocycles. The highest BCUT2D eigenvalue weighted by molar-refractivity contribution is 9.10. The van der Waals surface area contributed by atoms with E-state index in [1.54, 1.807) is 24.3 Å². The molecule has 7 heteroatoms. The summed E-state index contributed by atoms with van der Waals surface area (Å²) in [6.45, 7) is 0. The number of halogens is 5. The summed E-state index contributed by atoms with van der Waals surface area (Å²) in [5, 5.41) is 1.40. The van der Waals surface area contributed by atoms with Gasteiger partial charge in [0, 0.05) is 16.6 Å². The zero-order valence-electron chi connectivity index (χ0n) is 9.26. The largest absolute Gasteiger partial charge is 0.437 e. The Morgan fingerprint density at radius 3 is 2.47 bits per heavy atom. The lowest BCUT2D eigenvalue weighted by Crippen LogP contribution is -1.93. The molecule has 0 amide bonds. The van der Waals surface area contributed by atoms with E-state index in [0.29, 0.717) is 36.9 Å². The molecule has 0 aliphatic heterocycles. The number of nitrogens with zero attached hydrogens (tertiary/aromatic N) is 1. The van der Waals surface area contributed by atoms with Crippen LogP contribution in [0, 0.1) is 0 Å². The van der Waals surface area contributed by atoms with Gasteiger partial charge >= 0.3 is 0 Å². The molecule has 1 aromatic carbocycles. The van der Waals surface area contributed by atoms with E-state index < -0.39 is 0 Å². The predicted octanol–water partition coefficient (Wildman–Crippen LogP) is 6.34. The zero-order chi connectivity index (χ0) is 14.0. The molecule has 0 saturated carbocycles. The Labute approximate surface area is 138 Å². The number of rotatable bonds is 3. The van der Waals surface area contributed by atoms with Crippen LogP contribution in [0.4, 0.5) is 0 Å². The molecule has 2 nitrogen and oxygen atoms in total. The van der Waals surface area contributed by atoms with Gasteiger partial charge in [0.05, 0.1) is 26.6 Å². The Bertz CT molecular complexity index is 621. The second-order valence-corrected chi connectivity index (χ2v) is 5.85. The van der Waals surface area contributed by atoms with Crippen molar-refractivity contribution in [2.45, 2.75) is 5.88 Å². The van der Waals surface area contributed by atoms with Crippen LogP contribution in [0.1, 0.15) is 5.69 Å². The first-order valence-electron chi connectivity index (χ1n) is 5.05. The highest BCUT2D eigenvalue weighted by Crippen LogP contribution is 2.36. The van der Waals surface area contributed by atoms with Gasteiger partial charge in [-0.1, -0.05) is 34.8 Å². The first-order valence-corrected chi connectivity index (χ1v) is 7.51. The topological polar surface area (TPSA) is 22.1 Å². The number of benzene rings is 1. The molecule has 0 aliphatic carbocycles. The molecule has 0 bridgehead atoms. The van der Waals surface area contributed by atoms with Crippen molar-refractivity contribution < 1.29 is 4.74 Å². The Balaban J connectivity index is 2.33. The van der Waals surface area contributed by atoms with Crippen molar-refractivity contribution in [1.82, 2.24) is 4.98 Å². The van der Waals surface area contributed by atoms with E-state index in [1.807, 2.05) is 0 Å². The third-order valence-corrected chi connectivity index (χ3v) is 4.30. The van der Waals surface area contributed by atoms with Crippen LogP contribution < -0.4 is 4.74 Å². The summed E-state index contributed by atoms with van der Waals surface area (Å²) in [6.07, 6.45) is 0. The van der Waals surface area contributed by atoms with Crippen molar-refractivity contribution in [3.8, 4) is 11.6 Å². The van der Waals surface area contributed by atoms with Gasteiger partial charge in [-0.15, -0.1) is 11.6 Å². The number of alkyl halides is 1. The third-order valence-electron chi connectivity index (χ3n) is 2.21. The lowest BCUT2D eigenvalue weighted by Gasteiger charge is -2.09. The van der Waals surface area contributed by atoms with Crippen LogP contribution in [-0.4, -0.2) is 4.98 Å². The van der Waals surface area contributed by atoms with Gasteiger partial charge in [-0.2, -0.15) is 0 Å². The highest BCUT2D eigenvalue weighted by atomic mass is 79.9. The van der Waals surface area contributed by atoms with Crippen molar-refractivity contribution in [2.24, 2.45) is 0 Å². The standard InChI is InChI=1S/C12H6BrCl4NO/c13-6-3-9(17)11(4-8(6)16)19-12-2-1-7(15)10(5-14)18-12/h1-4H,5H2. The molecule has 0 spiro atoms. The molecule has 2 rings (SSSR count). The normalized spacial score (nSPS) is 10.6. The highest BCUT2D eigenvalue weighted by Gasteiger charge is 2.10. The Morgan fingerprint density at radius 2 is 1.79 bits per heavy atom. The van der Waals surface area contributed by atoms with Gasteiger partial charge in [-0.3, -0.25) is 0 Å². The molecule has 0 aliphatic rings. The summed E-state index contributed by atoms with van der Waals surface area (Å²) in [5.41, 5.74) is 0.542. The van der Waals surface area contributed by atoms with Gasteiger partial charge in [-0.25, -0.2) is 4.98 Å². The quantitative estimate of drug-likeness (QED) is 0.442. The summed E-state index contributed by atoms with van der Waals surface area (Å²) in [7, 11) is 0. The minimum absolute atomic E-state index is 0.199. The van der Waals surface area contributed by atoms with E-state index in [0.717, 1.165) is 0 Å². The summed E-state index contributed by atoms with van der Waals surface area (Å²) in [5.74, 6) is 0.954. The fraction of sp³-hybridized carbons (Fsp3) is 0.0833. The molecule has 1 aromatic heterocycles. The van der Waals surface area contributed by atoms with Crippen molar-refractivity contribution in [2.75, 3.05) is 0 Å². The van der Waals surface area contributed by atoms with Gasteiger partial charge in [0.15, 0.2) is 0 Å². The van der Waals surface area contributed by atoms with Crippen molar-refractivity contribution in [3.63, 3.8) is 0 Å². The molecule has 0 fully saturated rings. The molecule has 0 radical (unpaired) electrons. The summed E-state index contributed by atoms with van der Waals surface area (Å²) >= 11 is 27.0. The molecule has 2 aromatic rings. The zero-order valence-corrected chi connectivity index (χ0v) is 13.9. The van der Waals surface area contributed by atoms with Crippen molar-refractivity contribution in [3.05, 3.63) is 49.5 Å². The van der Waals surface area contributed by atoms with Gasteiger partial charge < -0.3 is 4.74 Å². The van der Waals surface area contributed by atoms with E-state index in [1.165, 1.54) is 0 Å². The lowest BCUT2D eigenvalue weighted by molar-refractivity contribution is 0.461. The molecular weight excluding hydrogens is 396 g/mol. The van der Waals surface area contributed by atoms with Crippen molar-refractivity contribution in [1.29, 1.82) is 0 Å². The van der Waals surface area contributed by atoms with E-state index in [2.05, 4.69) is 20.9 Å². The van der Waals surface area contributed by atoms with Crippen LogP contribution >= 0.6 is 62.3 Å². The number of hydrogen-bond donors (Lipinski definition) is 0. The van der Waals surface area contributed by atoms with Crippen LogP contribution in [0.25, 0.3) is 0 Å². The number of hydrogen-bond acceptors (Lipinski definition) is 2. The second kappa shape index (κ2) is 6.51. The summed E-state index contributed by atoms with van der Waals surface area (Å²) in [4.78, 5) is 4.18. The Kier molecular flexibility index (Phi) is 5.21. The molecular formula is C12H6BrCl4NO. The van der Waals surface area contributed by atoms with E-state index >= 15 is 0 Å². The third kappa shape index (κ3) is 3.67. The van der Waals surface area contributed by atoms with Crippen LogP contribution in [-0.2, 0) is 5.88 Å². The van der Waals surface area contributed by atoms with Gasteiger partial charge in [-0.05, 0) is 28.1 Å². The Hall–Kier alpha value is -0.190. The fourth-order valence-corrected chi connectivity index (χ4v) is 2.59. The minimum atomic E-state index is 0.199. The van der Waals surface area contributed by atoms with Crippen molar-refractivity contribution >= 4 is 62.3 Å². The smallest absolute Gasteiger partial charge is 0.219 e. The summed E-state index contributed by atoms with van der Waals surface area (Å²) < 4.78 is 6.27. The molecule has 0 saturated heterocycles. The van der Waals surface area contributed by atoms with E-state index in [9.17, 15) is 0 Å². The minimum Gasteiger partial charge on any atom is -0.437 e.